The summed E-state index contributed by atoms with van der Waals surface area (Å²) in [6.45, 7) is 3.85. The number of aryl methyl sites for hydroxylation is 1. The molecule has 2 heterocycles. The fourth-order valence-corrected chi connectivity index (χ4v) is 3.57. The molecule has 34 heavy (non-hydrogen) atoms. The Morgan fingerprint density at radius 3 is 2.47 bits per heavy atom. The number of aromatic nitrogens is 3. The van der Waals surface area contributed by atoms with Crippen molar-refractivity contribution in [2.45, 2.75) is 27.1 Å². The number of amides is 1. The molecule has 1 amide bonds. The first-order valence-electron chi connectivity index (χ1n) is 10.7. The lowest BCUT2D eigenvalue weighted by atomic mass is 9.99. The zero-order chi connectivity index (χ0) is 24.1. The molecule has 0 aliphatic rings. The van der Waals surface area contributed by atoms with Gasteiger partial charge in [-0.15, -0.1) is 0 Å². The molecule has 0 fully saturated rings. The maximum Gasteiger partial charge on any atom is 0.296 e. The second-order valence-electron chi connectivity index (χ2n) is 7.81. The van der Waals surface area contributed by atoms with E-state index in [1.165, 1.54) is 11.6 Å². The quantitative estimate of drug-likeness (QED) is 0.438. The SMILES string of the molecule is CC(=O)Nc1c(C)[nH]n(-c2ccc(COCc3ccc(-c4ccccc4C#N)cc3)cn2)c1=O. The third-order valence-corrected chi connectivity index (χ3v) is 5.26. The molecule has 0 unspecified atom stereocenters. The molecule has 0 atom stereocenters. The molecule has 2 aromatic heterocycles. The highest BCUT2D eigenvalue weighted by molar-refractivity contribution is 5.89. The number of aromatic amines is 1. The van der Waals surface area contributed by atoms with Crippen molar-refractivity contribution in [2.75, 3.05) is 5.32 Å². The molecule has 4 aromatic rings. The van der Waals surface area contributed by atoms with Gasteiger partial charge in [0.2, 0.25) is 5.91 Å². The number of rotatable bonds is 7. The van der Waals surface area contributed by atoms with Crippen LogP contribution in [0.3, 0.4) is 0 Å². The number of carbonyl (C=O) groups is 1. The van der Waals surface area contributed by atoms with Crippen LogP contribution >= 0.6 is 0 Å². The van der Waals surface area contributed by atoms with Gasteiger partial charge in [-0.3, -0.25) is 14.7 Å². The number of anilines is 1. The molecule has 8 heteroatoms. The monoisotopic (exact) mass is 453 g/mol. The Morgan fingerprint density at radius 1 is 1.09 bits per heavy atom. The van der Waals surface area contributed by atoms with E-state index in [9.17, 15) is 14.9 Å². The number of nitriles is 1. The summed E-state index contributed by atoms with van der Waals surface area (Å²) in [5.41, 5.74) is 4.81. The lowest BCUT2D eigenvalue weighted by Gasteiger charge is -2.08. The summed E-state index contributed by atoms with van der Waals surface area (Å²) in [5, 5.41) is 14.7. The zero-order valence-corrected chi connectivity index (χ0v) is 18.8. The van der Waals surface area contributed by atoms with E-state index in [2.05, 4.69) is 21.5 Å². The summed E-state index contributed by atoms with van der Waals surface area (Å²) < 4.78 is 7.11. The lowest BCUT2D eigenvalue weighted by molar-refractivity contribution is -0.114. The molecule has 0 aliphatic heterocycles. The van der Waals surface area contributed by atoms with Gasteiger partial charge in [-0.1, -0.05) is 48.5 Å². The van der Waals surface area contributed by atoms with Gasteiger partial charge in [0.05, 0.1) is 30.5 Å². The summed E-state index contributed by atoms with van der Waals surface area (Å²) in [6.07, 6.45) is 1.65. The fourth-order valence-electron chi connectivity index (χ4n) is 3.57. The van der Waals surface area contributed by atoms with E-state index in [4.69, 9.17) is 4.74 Å². The largest absolute Gasteiger partial charge is 0.372 e. The number of nitrogens with zero attached hydrogens (tertiary/aromatic N) is 3. The highest BCUT2D eigenvalue weighted by atomic mass is 16.5. The van der Waals surface area contributed by atoms with E-state index in [1.54, 1.807) is 25.3 Å². The van der Waals surface area contributed by atoms with Crippen LogP contribution < -0.4 is 10.9 Å². The molecule has 0 bridgehead atoms. The minimum Gasteiger partial charge on any atom is -0.372 e. The average molecular weight is 454 g/mol. The minimum absolute atomic E-state index is 0.212. The van der Waals surface area contributed by atoms with E-state index in [0.717, 1.165) is 22.3 Å². The van der Waals surface area contributed by atoms with Crippen molar-refractivity contribution in [3.8, 4) is 23.0 Å². The van der Waals surface area contributed by atoms with Crippen molar-refractivity contribution < 1.29 is 9.53 Å². The highest BCUT2D eigenvalue weighted by Crippen LogP contribution is 2.23. The van der Waals surface area contributed by atoms with Crippen molar-refractivity contribution in [3.05, 3.63) is 99.6 Å². The van der Waals surface area contributed by atoms with Gasteiger partial charge in [-0.05, 0) is 41.3 Å². The second-order valence-corrected chi connectivity index (χ2v) is 7.81. The van der Waals surface area contributed by atoms with Gasteiger partial charge >= 0.3 is 0 Å². The molecular weight excluding hydrogens is 430 g/mol. The van der Waals surface area contributed by atoms with Gasteiger partial charge in [-0.2, -0.15) is 9.94 Å². The third kappa shape index (κ3) is 4.95. The first-order valence-corrected chi connectivity index (χ1v) is 10.7. The van der Waals surface area contributed by atoms with Crippen LogP contribution in [0.5, 0.6) is 0 Å². The van der Waals surface area contributed by atoms with Crippen LogP contribution in [-0.4, -0.2) is 20.7 Å². The number of hydrogen-bond acceptors (Lipinski definition) is 5. The summed E-state index contributed by atoms with van der Waals surface area (Å²) in [5.74, 6) is 0.107. The van der Waals surface area contributed by atoms with Crippen molar-refractivity contribution in [1.82, 2.24) is 14.8 Å². The van der Waals surface area contributed by atoms with E-state index in [1.807, 2.05) is 48.5 Å². The number of pyridine rings is 1. The Labute approximate surface area is 196 Å². The maximum atomic E-state index is 12.5. The van der Waals surface area contributed by atoms with Crippen molar-refractivity contribution in [1.29, 1.82) is 5.26 Å². The summed E-state index contributed by atoms with van der Waals surface area (Å²) in [7, 11) is 0. The standard InChI is InChI=1S/C26H23N5O3/c1-17-25(29-18(2)32)26(33)31(30-17)24-12-9-20(14-28-24)16-34-15-19-7-10-21(11-8-19)23-6-4-3-5-22(23)13-27/h3-12,14,30H,15-16H2,1-2H3,(H,29,32). The molecule has 2 N–H and O–H groups in total. The van der Waals surface area contributed by atoms with Gasteiger partial charge in [0.1, 0.15) is 5.69 Å². The number of hydrogen-bond donors (Lipinski definition) is 2. The van der Waals surface area contributed by atoms with Crippen molar-refractivity contribution >= 4 is 11.6 Å². The molecule has 4 rings (SSSR count). The predicted octanol–water partition coefficient (Wildman–Crippen LogP) is 4.08. The van der Waals surface area contributed by atoms with Gasteiger partial charge in [0, 0.05) is 13.1 Å². The van der Waals surface area contributed by atoms with Gasteiger partial charge in [0.25, 0.3) is 5.56 Å². The van der Waals surface area contributed by atoms with Crippen LogP contribution in [0.1, 0.15) is 29.3 Å². The Bertz CT molecular complexity index is 1410. The molecular formula is C26H23N5O3. The molecule has 0 saturated heterocycles. The van der Waals surface area contributed by atoms with Crippen LogP contribution in [0.15, 0.2) is 71.7 Å². The third-order valence-electron chi connectivity index (χ3n) is 5.26. The van der Waals surface area contributed by atoms with Crippen LogP contribution in [0, 0.1) is 18.3 Å². The zero-order valence-electron chi connectivity index (χ0n) is 18.8. The summed E-state index contributed by atoms with van der Waals surface area (Å²) in [4.78, 5) is 28.2. The average Bonchev–Trinajstić information content (AvgIpc) is 3.13. The first-order chi connectivity index (χ1) is 16.5. The topological polar surface area (TPSA) is 113 Å². The highest BCUT2D eigenvalue weighted by Gasteiger charge is 2.14. The van der Waals surface area contributed by atoms with Gasteiger partial charge < -0.3 is 10.1 Å². The molecule has 0 aliphatic carbocycles. The Hall–Kier alpha value is -4.48. The van der Waals surface area contributed by atoms with Crippen molar-refractivity contribution in [3.63, 3.8) is 0 Å². The van der Waals surface area contributed by atoms with Crippen LogP contribution in [0.4, 0.5) is 5.69 Å². The molecule has 170 valence electrons. The first kappa shape index (κ1) is 22.7. The summed E-state index contributed by atoms with van der Waals surface area (Å²) in [6, 6.07) is 21.2. The smallest absolute Gasteiger partial charge is 0.296 e. The van der Waals surface area contributed by atoms with Crippen LogP contribution in [-0.2, 0) is 22.7 Å². The molecule has 8 nitrogen and oxygen atoms in total. The normalized spacial score (nSPS) is 10.6. The fraction of sp³-hybridized carbons (Fsp3) is 0.154. The number of benzene rings is 2. The van der Waals surface area contributed by atoms with Gasteiger partial charge in [0.15, 0.2) is 5.82 Å². The summed E-state index contributed by atoms with van der Waals surface area (Å²) >= 11 is 0. The van der Waals surface area contributed by atoms with E-state index < -0.39 is 0 Å². The van der Waals surface area contributed by atoms with Gasteiger partial charge in [-0.25, -0.2) is 4.98 Å². The predicted molar refractivity (Wildman–Crippen MR) is 128 cm³/mol. The lowest BCUT2D eigenvalue weighted by Crippen LogP contribution is -2.20. The maximum absolute atomic E-state index is 12.5. The Morgan fingerprint density at radius 2 is 1.79 bits per heavy atom. The number of ether oxygens (including phenoxy) is 1. The number of carbonyl (C=O) groups excluding carboxylic acids is 1. The van der Waals surface area contributed by atoms with Crippen LogP contribution in [0.25, 0.3) is 16.9 Å². The number of nitrogens with one attached hydrogen (secondary N) is 2. The molecule has 0 spiro atoms. The van der Waals surface area contributed by atoms with E-state index in [-0.39, 0.29) is 17.2 Å². The molecule has 0 saturated carbocycles. The molecule has 2 aromatic carbocycles. The molecule has 0 radical (unpaired) electrons. The van der Waals surface area contributed by atoms with Crippen LogP contribution in [0.2, 0.25) is 0 Å². The Balaban J connectivity index is 1.37. The Kier molecular flexibility index (Phi) is 6.67. The van der Waals surface area contributed by atoms with E-state index >= 15 is 0 Å². The number of H-pyrrole nitrogens is 1. The van der Waals surface area contributed by atoms with E-state index in [0.29, 0.717) is 30.3 Å². The van der Waals surface area contributed by atoms with Crippen molar-refractivity contribution in [2.24, 2.45) is 0 Å². The minimum atomic E-state index is -0.370. The second kappa shape index (κ2) is 9.98.